The molecule has 4 heteroatoms. The van der Waals surface area contributed by atoms with Crippen molar-refractivity contribution < 1.29 is 13.9 Å². The molecule has 19 heavy (non-hydrogen) atoms. The van der Waals surface area contributed by atoms with E-state index >= 15 is 0 Å². The first-order valence-corrected chi connectivity index (χ1v) is 6.05. The van der Waals surface area contributed by atoms with Gasteiger partial charge in [0.05, 0.1) is 6.10 Å². The van der Waals surface area contributed by atoms with E-state index in [1.54, 1.807) is 0 Å². The molecule has 0 aromatic heterocycles. The van der Waals surface area contributed by atoms with Crippen LogP contribution < -0.4 is 5.32 Å². The topological polar surface area (TPSA) is 32.3 Å². The summed E-state index contributed by atoms with van der Waals surface area (Å²) in [7, 11) is 0. The third-order valence-corrected chi connectivity index (χ3v) is 2.87. The first-order chi connectivity index (χ1) is 9.18. The predicted octanol–water partition coefficient (Wildman–Crippen LogP) is 2.79. The van der Waals surface area contributed by atoms with Crippen LogP contribution in [0.15, 0.2) is 48.5 Å². The molecule has 0 heterocycles. The van der Waals surface area contributed by atoms with Crippen molar-refractivity contribution in [1.29, 1.82) is 0 Å². The smallest absolute Gasteiger partial charge is 0.163 e. The van der Waals surface area contributed by atoms with Crippen LogP contribution in [-0.2, 0) is 6.54 Å². The van der Waals surface area contributed by atoms with E-state index in [0.717, 1.165) is 11.6 Å². The number of hydrogen-bond acceptors (Lipinski definition) is 2. The molecule has 0 spiro atoms. The fourth-order valence-corrected chi connectivity index (χ4v) is 1.82. The highest BCUT2D eigenvalue weighted by Crippen LogP contribution is 2.13. The summed E-state index contributed by atoms with van der Waals surface area (Å²) in [5.74, 6) is -1.70. The predicted molar refractivity (Wildman–Crippen MR) is 69.5 cm³/mol. The van der Waals surface area contributed by atoms with Gasteiger partial charge >= 0.3 is 0 Å². The van der Waals surface area contributed by atoms with Crippen LogP contribution in [0.4, 0.5) is 8.78 Å². The Morgan fingerprint density at radius 1 is 1.00 bits per heavy atom. The van der Waals surface area contributed by atoms with Crippen LogP contribution in [0.1, 0.15) is 17.2 Å². The minimum Gasteiger partial charge on any atom is -0.387 e. The van der Waals surface area contributed by atoms with E-state index in [4.69, 9.17) is 0 Å². The molecule has 2 N–H and O–H groups in total. The Morgan fingerprint density at radius 3 is 2.47 bits per heavy atom. The summed E-state index contributed by atoms with van der Waals surface area (Å²) in [4.78, 5) is 0. The number of benzene rings is 2. The van der Waals surface area contributed by atoms with Gasteiger partial charge in [0.15, 0.2) is 11.6 Å². The fraction of sp³-hybridized carbons (Fsp3) is 0.200. The van der Waals surface area contributed by atoms with Crippen molar-refractivity contribution in [3.05, 3.63) is 71.3 Å². The Hall–Kier alpha value is -1.78. The van der Waals surface area contributed by atoms with Crippen molar-refractivity contribution >= 4 is 0 Å². The van der Waals surface area contributed by atoms with E-state index in [0.29, 0.717) is 0 Å². The van der Waals surface area contributed by atoms with E-state index in [2.05, 4.69) is 5.32 Å². The average molecular weight is 263 g/mol. The molecule has 100 valence electrons. The van der Waals surface area contributed by atoms with Gasteiger partial charge in [0.1, 0.15) is 0 Å². The highest BCUT2D eigenvalue weighted by atomic mass is 19.2. The van der Waals surface area contributed by atoms with Crippen molar-refractivity contribution in [3.8, 4) is 0 Å². The molecule has 0 aliphatic rings. The highest BCUT2D eigenvalue weighted by Gasteiger charge is 2.09. The molecular formula is C15H15F2NO. The Balaban J connectivity index is 1.88. The lowest BCUT2D eigenvalue weighted by atomic mass is 10.1. The van der Waals surface area contributed by atoms with Crippen LogP contribution in [0, 0.1) is 11.6 Å². The molecule has 0 aliphatic carbocycles. The lowest BCUT2D eigenvalue weighted by Crippen LogP contribution is -2.21. The standard InChI is InChI=1S/C15H15F2NO/c16-13-8-4-7-12(15(13)17)9-18-10-14(19)11-5-2-1-3-6-11/h1-8,14,18-19H,9-10H2. The summed E-state index contributed by atoms with van der Waals surface area (Å²) >= 11 is 0. The molecule has 0 fully saturated rings. The SMILES string of the molecule is OC(CNCc1cccc(F)c1F)c1ccccc1. The molecule has 0 aliphatic heterocycles. The zero-order chi connectivity index (χ0) is 13.7. The van der Waals surface area contributed by atoms with E-state index in [1.807, 2.05) is 30.3 Å². The van der Waals surface area contributed by atoms with Gasteiger partial charge in [-0.15, -0.1) is 0 Å². The van der Waals surface area contributed by atoms with Crippen molar-refractivity contribution in [2.45, 2.75) is 12.6 Å². The summed E-state index contributed by atoms with van der Waals surface area (Å²) in [5.41, 5.74) is 1.04. The number of aliphatic hydroxyl groups excluding tert-OH is 1. The van der Waals surface area contributed by atoms with Gasteiger partial charge in [-0.05, 0) is 11.6 Å². The number of hydrogen-bond donors (Lipinski definition) is 2. The highest BCUT2D eigenvalue weighted by molar-refractivity contribution is 5.19. The lowest BCUT2D eigenvalue weighted by molar-refractivity contribution is 0.174. The van der Waals surface area contributed by atoms with E-state index in [1.165, 1.54) is 12.1 Å². The van der Waals surface area contributed by atoms with Gasteiger partial charge in [0.25, 0.3) is 0 Å². The maximum absolute atomic E-state index is 13.4. The summed E-state index contributed by atoms with van der Waals surface area (Å²) in [6.07, 6.45) is -0.669. The Labute approximate surface area is 110 Å². The normalized spacial score (nSPS) is 12.4. The Morgan fingerprint density at radius 2 is 1.74 bits per heavy atom. The molecule has 2 aromatic carbocycles. The van der Waals surface area contributed by atoms with Crippen LogP contribution >= 0.6 is 0 Å². The lowest BCUT2D eigenvalue weighted by Gasteiger charge is -2.12. The Kier molecular flexibility index (Phi) is 4.60. The van der Waals surface area contributed by atoms with Gasteiger partial charge in [0.2, 0.25) is 0 Å². The second-order valence-electron chi connectivity index (χ2n) is 4.27. The first-order valence-electron chi connectivity index (χ1n) is 6.05. The molecule has 2 rings (SSSR count). The minimum atomic E-state index is -0.858. The molecule has 0 saturated heterocycles. The third kappa shape index (κ3) is 3.59. The molecule has 0 amide bonds. The third-order valence-electron chi connectivity index (χ3n) is 2.87. The molecule has 0 bridgehead atoms. The van der Waals surface area contributed by atoms with E-state index in [9.17, 15) is 13.9 Å². The second-order valence-corrected chi connectivity index (χ2v) is 4.27. The molecule has 2 nitrogen and oxygen atoms in total. The summed E-state index contributed by atoms with van der Waals surface area (Å²) in [6.45, 7) is 0.452. The summed E-state index contributed by atoms with van der Waals surface area (Å²) in [6, 6.07) is 13.2. The molecule has 1 atom stereocenters. The van der Waals surface area contributed by atoms with Crippen molar-refractivity contribution in [3.63, 3.8) is 0 Å². The van der Waals surface area contributed by atoms with E-state index in [-0.39, 0.29) is 18.7 Å². The van der Waals surface area contributed by atoms with Crippen molar-refractivity contribution in [1.82, 2.24) is 5.32 Å². The van der Waals surface area contributed by atoms with Crippen molar-refractivity contribution in [2.75, 3.05) is 6.54 Å². The van der Waals surface area contributed by atoms with Crippen LogP contribution in [0.3, 0.4) is 0 Å². The van der Waals surface area contributed by atoms with Gasteiger partial charge in [-0.1, -0.05) is 42.5 Å². The van der Waals surface area contributed by atoms with E-state index < -0.39 is 17.7 Å². The largest absolute Gasteiger partial charge is 0.387 e. The van der Waals surface area contributed by atoms with Crippen molar-refractivity contribution in [2.24, 2.45) is 0 Å². The van der Waals surface area contributed by atoms with Crippen LogP contribution in [0.5, 0.6) is 0 Å². The molecule has 1 unspecified atom stereocenters. The maximum Gasteiger partial charge on any atom is 0.163 e. The number of aliphatic hydroxyl groups is 1. The van der Waals surface area contributed by atoms with Gasteiger partial charge in [0, 0.05) is 18.7 Å². The first kappa shape index (κ1) is 13.6. The molecule has 0 radical (unpaired) electrons. The molecular weight excluding hydrogens is 248 g/mol. The van der Waals surface area contributed by atoms with Crippen LogP contribution in [0.2, 0.25) is 0 Å². The fourth-order valence-electron chi connectivity index (χ4n) is 1.82. The Bertz CT molecular complexity index is 531. The number of halogens is 2. The van der Waals surface area contributed by atoms with Gasteiger partial charge in [-0.2, -0.15) is 0 Å². The maximum atomic E-state index is 13.4. The quantitative estimate of drug-likeness (QED) is 0.869. The zero-order valence-electron chi connectivity index (χ0n) is 10.3. The molecule has 0 saturated carbocycles. The average Bonchev–Trinajstić information content (AvgIpc) is 2.44. The van der Waals surface area contributed by atoms with Crippen LogP contribution in [-0.4, -0.2) is 11.7 Å². The van der Waals surface area contributed by atoms with Gasteiger partial charge in [-0.3, -0.25) is 0 Å². The molecule has 2 aromatic rings. The second kappa shape index (κ2) is 6.41. The number of nitrogens with one attached hydrogen (secondary N) is 1. The minimum absolute atomic E-state index is 0.174. The summed E-state index contributed by atoms with van der Waals surface area (Å²) in [5, 5.41) is 12.8. The number of rotatable bonds is 5. The monoisotopic (exact) mass is 263 g/mol. The summed E-state index contributed by atoms with van der Waals surface area (Å²) < 4.78 is 26.3. The van der Waals surface area contributed by atoms with Gasteiger partial charge < -0.3 is 10.4 Å². The van der Waals surface area contributed by atoms with Crippen LogP contribution in [0.25, 0.3) is 0 Å². The van der Waals surface area contributed by atoms with Gasteiger partial charge in [-0.25, -0.2) is 8.78 Å². The zero-order valence-corrected chi connectivity index (χ0v) is 10.3.